The molecule has 0 amide bonds. The third-order valence-electron chi connectivity index (χ3n) is 5.01. The van der Waals surface area contributed by atoms with Crippen LogP contribution in [0.25, 0.3) is 0 Å². The van der Waals surface area contributed by atoms with E-state index < -0.39 is 0 Å². The summed E-state index contributed by atoms with van der Waals surface area (Å²) < 4.78 is 15.4. The average molecular weight is 314 g/mol. The van der Waals surface area contributed by atoms with Crippen molar-refractivity contribution in [3.8, 4) is 0 Å². The first-order valence-electron chi connectivity index (χ1n) is 8.66. The molecule has 23 heavy (non-hydrogen) atoms. The number of aromatic nitrogens is 3. The summed E-state index contributed by atoms with van der Waals surface area (Å²) in [5, 5.41) is 8.61. The Morgan fingerprint density at radius 3 is 2.70 bits per heavy atom. The maximum atomic E-state index is 13.1. The summed E-state index contributed by atoms with van der Waals surface area (Å²) in [5.41, 5.74) is 1.16. The molecule has 2 fully saturated rings. The molecule has 1 saturated heterocycles. The summed E-state index contributed by atoms with van der Waals surface area (Å²) in [5.74, 6) is 1.76. The molecular weight excluding hydrogens is 291 g/mol. The molecule has 5 heteroatoms. The minimum Gasteiger partial charge on any atom is -0.316 e. The second kappa shape index (κ2) is 6.40. The number of nitrogens with zero attached hydrogens (tertiary/aromatic N) is 4. The first-order valence-corrected chi connectivity index (χ1v) is 8.66. The second-order valence-corrected chi connectivity index (χ2v) is 6.89. The highest BCUT2D eigenvalue weighted by molar-refractivity contribution is 5.16. The lowest BCUT2D eigenvalue weighted by atomic mass is 10.00. The van der Waals surface area contributed by atoms with E-state index in [4.69, 9.17) is 0 Å². The molecule has 0 N–H and O–H groups in total. The van der Waals surface area contributed by atoms with Crippen molar-refractivity contribution in [3.63, 3.8) is 0 Å². The smallest absolute Gasteiger partial charge is 0.150 e. The van der Waals surface area contributed by atoms with E-state index in [1.165, 1.54) is 25.7 Å². The van der Waals surface area contributed by atoms with Crippen LogP contribution >= 0.6 is 0 Å². The van der Waals surface area contributed by atoms with Crippen LogP contribution in [0.2, 0.25) is 0 Å². The zero-order valence-electron chi connectivity index (χ0n) is 13.4. The molecule has 1 aromatic heterocycles. The van der Waals surface area contributed by atoms with Crippen LogP contribution < -0.4 is 0 Å². The van der Waals surface area contributed by atoms with Crippen molar-refractivity contribution < 1.29 is 4.39 Å². The third kappa shape index (κ3) is 3.44. The van der Waals surface area contributed by atoms with Gasteiger partial charge in [-0.25, -0.2) is 4.39 Å². The molecule has 122 valence electrons. The van der Waals surface area contributed by atoms with Gasteiger partial charge < -0.3 is 4.57 Å². The van der Waals surface area contributed by atoms with Gasteiger partial charge in [0, 0.05) is 13.1 Å². The Balaban J connectivity index is 1.53. The van der Waals surface area contributed by atoms with Gasteiger partial charge in [0.25, 0.3) is 0 Å². The molecule has 4 nitrogen and oxygen atoms in total. The monoisotopic (exact) mass is 314 g/mol. The predicted molar refractivity (Wildman–Crippen MR) is 86.1 cm³/mol. The Morgan fingerprint density at radius 1 is 1.09 bits per heavy atom. The molecule has 4 rings (SSSR count). The predicted octanol–water partition coefficient (Wildman–Crippen LogP) is 3.55. The molecule has 0 spiro atoms. The fraction of sp³-hybridized carbons (Fsp3) is 0.556. The number of rotatable bonds is 5. The van der Waals surface area contributed by atoms with Crippen molar-refractivity contribution in [3.05, 3.63) is 47.8 Å². The third-order valence-corrected chi connectivity index (χ3v) is 5.01. The van der Waals surface area contributed by atoms with E-state index in [1.807, 2.05) is 18.5 Å². The molecule has 0 radical (unpaired) electrons. The molecule has 1 atom stereocenters. The van der Waals surface area contributed by atoms with Crippen molar-refractivity contribution in [2.24, 2.45) is 5.92 Å². The van der Waals surface area contributed by atoms with E-state index in [1.54, 1.807) is 12.1 Å². The largest absolute Gasteiger partial charge is 0.316 e. The van der Waals surface area contributed by atoms with E-state index in [0.29, 0.717) is 6.04 Å². The zero-order chi connectivity index (χ0) is 15.6. The van der Waals surface area contributed by atoms with Gasteiger partial charge in [0.1, 0.15) is 18.0 Å². The molecule has 2 aromatic rings. The van der Waals surface area contributed by atoms with E-state index >= 15 is 0 Å². The van der Waals surface area contributed by atoms with Gasteiger partial charge in [-0.15, -0.1) is 10.2 Å². The molecule has 1 aliphatic carbocycles. The summed E-state index contributed by atoms with van der Waals surface area (Å²) in [4.78, 5) is 2.48. The van der Waals surface area contributed by atoms with Gasteiger partial charge in [-0.2, -0.15) is 0 Å². The summed E-state index contributed by atoms with van der Waals surface area (Å²) >= 11 is 0. The van der Waals surface area contributed by atoms with E-state index in [-0.39, 0.29) is 5.82 Å². The van der Waals surface area contributed by atoms with Gasteiger partial charge in [-0.05, 0) is 55.8 Å². The Kier molecular flexibility index (Phi) is 4.12. The van der Waals surface area contributed by atoms with Crippen LogP contribution in [0.15, 0.2) is 30.6 Å². The fourth-order valence-corrected chi connectivity index (χ4v) is 3.54. The minimum atomic E-state index is -0.173. The lowest BCUT2D eigenvalue weighted by Gasteiger charge is -2.35. The zero-order valence-corrected chi connectivity index (χ0v) is 13.4. The molecular formula is C18H23FN4. The molecule has 1 aliphatic heterocycles. The number of hydrogen-bond acceptors (Lipinski definition) is 3. The summed E-state index contributed by atoms with van der Waals surface area (Å²) in [6, 6.07) is 7.19. The lowest BCUT2D eigenvalue weighted by Crippen LogP contribution is -2.34. The van der Waals surface area contributed by atoms with Crippen molar-refractivity contribution in [2.45, 2.75) is 51.2 Å². The van der Waals surface area contributed by atoms with E-state index in [0.717, 1.165) is 43.4 Å². The van der Waals surface area contributed by atoms with Gasteiger partial charge >= 0.3 is 0 Å². The van der Waals surface area contributed by atoms with Crippen molar-refractivity contribution >= 4 is 0 Å². The standard InChI is InChI=1S/C18H23FN4/c19-16-8-6-15(7-9-16)11-22-10-2-1-3-17(22)18-21-20-13-23(18)12-14-4-5-14/h6-9,13-14,17H,1-5,10-12H2/t17-/m1/s1. The summed E-state index contributed by atoms with van der Waals surface area (Å²) in [7, 11) is 0. The first-order chi connectivity index (χ1) is 11.3. The Hall–Kier alpha value is -1.75. The van der Waals surface area contributed by atoms with Crippen LogP contribution in [0, 0.1) is 11.7 Å². The van der Waals surface area contributed by atoms with Crippen LogP contribution in [-0.4, -0.2) is 26.2 Å². The van der Waals surface area contributed by atoms with Crippen molar-refractivity contribution in [1.82, 2.24) is 19.7 Å². The summed E-state index contributed by atoms with van der Waals surface area (Å²) in [6.45, 7) is 2.97. The SMILES string of the molecule is Fc1ccc(CN2CCCC[C@@H]2c2nncn2CC2CC2)cc1. The molecule has 1 saturated carbocycles. The number of hydrogen-bond donors (Lipinski definition) is 0. The molecule has 0 unspecified atom stereocenters. The number of likely N-dealkylation sites (tertiary alicyclic amines) is 1. The van der Waals surface area contributed by atoms with Crippen LogP contribution in [0.3, 0.4) is 0 Å². The highest BCUT2D eigenvalue weighted by Gasteiger charge is 2.30. The average Bonchev–Trinajstić information content (AvgIpc) is 3.26. The van der Waals surface area contributed by atoms with Crippen LogP contribution in [0.5, 0.6) is 0 Å². The maximum absolute atomic E-state index is 13.1. The van der Waals surface area contributed by atoms with E-state index in [2.05, 4.69) is 19.7 Å². The molecule has 2 aliphatic rings. The Labute approximate surface area is 136 Å². The molecule has 2 heterocycles. The van der Waals surface area contributed by atoms with Crippen LogP contribution in [0.1, 0.15) is 49.5 Å². The lowest BCUT2D eigenvalue weighted by molar-refractivity contribution is 0.130. The number of benzene rings is 1. The van der Waals surface area contributed by atoms with Gasteiger partial charge in [-0.3, -0.25) is 4.90 Å². The van der Waals surface area contributed by atoms with Gasteiger partial charge in [0.05, 0.1) is 6.04 Å². The molecule has 1 aromatic carbocycles. The van der Waals surface area contributed by atoms with Gasteiger partial charge in [0.15, 0.2) is 0 Å². The fourth-order valence-electron chi connectivity index (χ4n) is 3.54. The number of halogens is 1. The topological polar surface area (TPSA) is 34.0 Å². The normalized spacial score (nSPS) is 22.4. The molecule has 0 bridgehead atoms. The second-order valence-electron chi connectivity index (χ2n) is 6.89. The van der Waals surface area contributed by atoms with Gasteiger partial charge in [-0.1, -0.05) is 18.6 Å². The Morgan fingerprint density at radius 2 is 1.91 bits per heavy atom. The quantitative estimate of drug-likeness (QED) is 0.846. The Bertz CT molecular complexity index is 647. The van der Waals surface area contributed by atoms with Crippen molar-refractivity contribution in [2.75, 3.05) is 6.54 Å². The van der Waals surface area contributed by atoms with Crippen LogP contribution in [-0.2, 0) is 13.1 Å². The highest BCUT2D eigenvalue weighted by atomic mass is 19.1. The maximum Gasteiger partial charge on any atom is 0.150 e. The van der Waals surface area contributed by atoms with Crippen molar-refractivity contribution in [1.29, 1.82) is 0 Å². The summed E-state index contributed by atoms with van der Waals surface area (Å²) in [6.07, 6.45) is 8.14. The van der Waals surface area contributed by atoms with Crippen LogP contribution in [0.4, 0.5) is 4.39 Å². The minimum absolute atomic E-state index is 0.173. The van der Waals surface area contributed by atoms with Gasteiger partial charge in [0.2, 0.25) is 0 Å². The number of piperidine rings is 1. The highest BCUT2D eigenvalue weighted by Crippen LogP contribution is 2.34. The first kappa shape index (κ1) is 14.8. The van der Waals surface area contributed by atoms with E-state index in [9.17, 15) is 4.39 Å².